The molecule has 2 rings (SSSR count). The third kappa shape index (κ3) is 5.36. The van der Waals surface area contributed by atoms with Crippen LogP contribution in [-0.4, -0.2) is 13.4 Å². The van der Waals surface area contributed by atoms with Gasteiger partial charge in [0.05, 0.1) is 4.90 Å². The zero-order chi connectivity index (χ0) is 16.7. The first kappa shape index (κ1) is 17.5. The molecule has 2 aromatic rings. The Hall–Kier alpha value is -1.88. The van der Waals surface area contributed by atoms with Gasteiger partial charge in [-0.05, 0) is 49.1 Å². The Morgan fingerprint density at radius 2 is 1.74 bits per heavy atom. The van der Waals surface area contributed by atoms with E-state index in [-0.39, 0.29) is 4.90 Å². The van der Waals surface area contributed by atoms with E-state index in [1.807, 2.05) is 25.1 Å². The van der Waals surface area contributed by atoms with Crippen molar-refractivity contribution in [2.24, 2.45) is 0 Å². The SMILES string of the molecule is CCCCCCc1ccc(S(=O)(=O)Nc2ccc(C)cn2)cc1. The lowest BCUT2D eigenvalue weighted by atomic mass is 10.1. The molecule has 0 saturated carbocycles. The van der Waals surface area contributed by atoms with Crippen LogP contribution in [0.5, 0.6) is 0 Å². The number of aryl methyl sites for hydroxylation is 2. The van der Waals surface area contributed by atoms with Crippen molar-refractivity contribution in [3.05, 3.63) is 53.7 Å². The molecular formula is C18H24N2O2S. The second-order valence-corrected chi connectivity index (χ2v) is 7.46. The van der Waals surface area contributed by atoms with E-state index in [4.69, 9.17) is 0 Å². The number of unbranched alkanes of at least 4 members (excludes halogenated alkanes) is 3. The normalized spacial score (nSPS) is 11.4. The van der Waals surface area contributed by atoms with Crippen LogP contribution in [0.4, 0.5) is 5.82 Å². The van der Waals surface area contributed by atoms with Crippen LogP contribution in [0, 0.1) is 6.92 Å². The van der Waals surface area contributed by atoms with E-state index in [9.17, 15) is 8.42 Å². The standard InChI is InChI=1S/C18H24N2O2S/c1-3-4-5-6-7-16-9-11-17(12-10-16)23(21,22)20-18-13-8-15(2)14-19-18/h8-14H,3-7H2,1-2H3,(H,19,20). The minimum atomic E-state index is -3.58. The van der Waals surface area contributed by atoms with Crippen LogP contribution in [0.2, 0.25) is 0 Å². The number of pyridine rings is 1. The van der Waals surface area contributed by atoms with Crippen molar-refractivity contribution in [3.8, 4) is 0 Å². The van der Waals surface area contributed by atoms with E-state index in [0.29, 0.717) is 5.82 Å². The number of anilines is 1. The lowest BCUT2D eigenvalue weighted by Crippen LogP contribution is -2.13. The van der Waals surface area contributed by atoms with Gasteiger partial charge in [0, 0.05) is 6.20 Å². The van der Waals surface area contributed by atoms with Gasteiger partial charge in [-0.15, -0.1) is 0 Å². The zero-order valence-electron chi connectivity index (χ0n) is 13.7. The maximum Gasteiger partial charge on any atom is 0.263 e. The summed E-state index contributed by atoms with van der Waals surface area (Å²) in [6.45, 7) is 4.10. The number of sulfonamides is 1. The highest BCUT2D eigenvalue weighted by molar-refractivity contribution is 7.92. The maximum absolute atomic E-state index is 12.3. The van der Waals surface area contributed by atoms with Crippen molar-refractivity contribution in [2.75, 3.05) is 4.72 Å². The minimum absolute atomic E-state index is 0.261. The monoisotopic (exact) mass is 332 g/mol. The molecule has 0 aliphatic heterocycles. The van der Waals surface area contributed by atoms with Crippen LogP contribution in [0.1, 0.15) is 43.7 Å². The second kappa shape index (κ2) is 8.11. The molecule has 1 N–H and O–H groups in total. The Kier molecular flexibility index (Phi) is 6.16. The smallest absolute Gasteiger partial charge is 0.263 e. The first-order chi connectivity index (χ1) is 11.0. The molecule has 0 unspecified atom stereocenters. The largest absolute Gasteiger partial charge is 0.263 e. The summed E-state index contributed by atoms with van der Waals surface area (Å²) in [7, 11) is -3.58. The highest BCUT2D eigenvalue weighted by Crippen LogP contribution is 2.16. The van der Waals surface area contributed by atoms with Crippen molar-refractivity contribution in [2.45, 2.75) is 50.8 Å². The molecule has 0 amide bonds. The molecule has 1 aromatic carbocycles. The Morgan fingerprint density at radius 3 is 2.35 bits per heavy atom. The molecule has 0 radical (unpaired) electrons. The average Bonchev–Trinajstić information content (AvgIpc) is 2.54. The average molecular weight is 332 g/mol. The lowest BCUT2D eigenvalue weighted by Gasteiger charge is -2.08. The molecule has 0 spiro atoms. The maximum atomic E-state index is 12.3. The fourth-order valence-electron chi connectivity index (χ4n) is 2.32. The van der Waals surface area contributed by atoms with Crippen LogP contribution in [0.3, 0.4) is 0 Å². The Balaban J connectivity index is 2.01. The lowest BCUT2D eigenvalue weighted by molar-refractivity contribution is 0.601. The van der Waals surface area contributed by atoms with Crippen molar-refractivity contribution in [1.29, 1.82) is 0 Å². The molecule has 23 heavy (non-hydrogen) atoms. The number of rotatable bonds is 8. The Labute approximate surface area is 139 Å². The fourth-order valence-corrected chi connectivity index (χ4v) is 3.32. The Bertz CT molecular complexity index is 708. The minimum Gasteiger partial charge on any atom is -0.263 e. The van der Waals surface area contributed by atoms with Gasteiger partial charge in [0.1, 0.15) is 5.82 Å². The third-order valence-corrected chi connectivity index (χ3v) is 5.07. The van der Waals surface area contributed by atoms with E-state index in [2.05, 4.69) is 16.6 Å². The number of hydrogen-bond donors (Lipinski definition) is 1. The summed E-state index contributed by atoms with van der Waals surface area (Å²) < 4.78 is 27.2. The van der Waals surface area contributed by atoms with Crippen molar-refractivity contribution in [1.82, 2.24) is 4.98 Å². The van der Waals surface area contributed by atoms with Gasteiger partial charge < -0.3 is 0 Å². The summed E-state index contributed by atoms with van der Waals surface area (Å²) in [5.74, 6) is 0.333. The molecule has 1 heterocycles. The third-order valence-electron chi connectivity index (χ3n) is 3.70. The van der Waals surface area contributed by atoms with E-state index < -0.39 is 10.0 Å². The van der Waals surface area contributed by atoms with Gasteiger partial charge in [-0.2, -0.15) is 0 Å². The molecule has 124 valence electrons. The van der Waals surface area contributed by atoms with E-state index in [0.717, 1.165) is 18.4 Å². The Morgan fingerprint density at radius 1 is 1.00 bits per heavy atom. The number of hydrogen-bond acceptors (Lipinski definition) is 3. The van der Waals surface area contributed by atoms with Gasteiger partial charge in [-0.1, -0.05) is 44.4 Å². The van der Waals surface area contributed by atoms with E-state index >= 15 is 0 Å². The molecule has 0 atom stereocenters. The summed E-state index contributed by atoms with van der Waals surface area (Å²) >= 11 is 0. The number of nitrogens with zero attached hydrogens (tertiary/aromatic N) is 1. The molecule has 0 saturated heterocycles. The second-order valence-electron chi connectivity index (χ2n) is 5.78. The first-order valence-electron chi connectivity index (χ1n) is 8.05. The van der Waals surface area contributed by atoms with Gasteiger partial charge >= 0.3 is 0 Å². The van der Waals surface area contributed by atoms with E-state index in [1.54, 1.807) is 24.4 Å². The summed E-state index contributed by atoms with van der Waals surface area (Å²) in [5, 5.41) is 0. The van der Waals surface area contributed by atoms with Crippen molar-refractivity contribution in [3.63, 3.8) is 0 Å². The zero-order valence-corrected chi connectivity index (χ0v) is 14.6. The van der Waals surface area contributed by atoms with Gasteiger partial charge in [0.2, 0.25) is 0 Å². The van der Waals surface area contributed by atoms with Crippen LogP contribution >= 0.6 is 0 Å². The molecule has 0 bridgehead atoms. The number of nitrogens with one attached hydrogen (secondary N) is 1. The van der Waals surface area contributed by atoms with Gasteiger partial charge in [-0.25, -0.2) is 13.4 Å². The number of benzene rings is 1. The van der Waals surface area contributed by atoms with Gasteiger partial charge in [-0.3, -0.25) is 4.72 Å². The van der Waals surface area contributed by atoms with Crippen LogP contribution < -0.4 is 4.72 Å². The first-order valence-corrected chi connectivity index (χ1v) is 9.54. The highest BCUT2D eigenvalue weighted by atomic mass is 32.2. The fraction of sp³-hybridized carbons (Fsp3) is 0.389. The number of aromatic nitrogens is 1. The summed E-state index contributed by atoms with van der Waals surface area (Å²) in [4.78, 5) is 4.34. The quantitative estimate of drug-likeness (QED) is 0.733. The molecule has 5 heteroatoms. The van der Waals surface area contributed by atoms with Gasteiger partial charge in [0.25, 0.3) is 10.0 Å². The van der Waals surface area contributed by atoms with Crippen LogP contribution in [0.15, 0.2) is 47.5 Å². The van der Waals surface area contributed by atoms with Crippen LogP contribution in [0.25, 0.3) is 0 Å². The predicted octanol–water partition coefficient (Wildman–Crippen LogP) is 4.31. The molecule has 0 fully saturated rings. The molecule has 4 nitrogen and oxygen atoms in total. The molecule has 1 aromatic heterocycles. The van der Waals surface area contributed by atoms with Gasteiger partial charge in [0.15, 0.2) is 0 Å². The van der Waals surface area contributed by atoms with Crippen LogP contribution in [-0.2, 0) is 16.4 Å². The molecule has 0 aliphatic carbocycles. The van der Waals surface area contributed by atoms with E-state index in [1.165, 1.54) is 24.8 Å². The topological polar surface area (TPSA) is 59.1 Å². The summed E-state index contributed by atoms with van der Waals surface area (Å²) in [6.07, 6.45) is 7.46. The van der Waals surface area contributed by atoms with Crippen molar-refractivity contribution >= 4 is 15.8 Å². The molecular weight excluding hydrogens is 308 g/mol. The predicted molar refractivity (Wildman–Crippen MR) is 94.1 cm³/mol. The van der Waals surface area contributed by atoms with Crippen molar-refractivity contribution < 1.29 is 8.42 Å². The highest BCUT2D eigenvalue weighted by Gasteiger charge is 2.14. The summed E-state index contributed by atoms with van der Waals surface area (Å²) in [5.41, 5.74) is 2.16. The summed E-state index contributed by atoms with van der Waals surface area (Å²) in [6, 6.07) is 10.6. The molecule has 0 aliphatic rings.